The van der Waals surface area contributed by atoms with Crippen LogP contribution >= 0.6 is 0 Å². The van der Waals surface area contributed by atoms with Gasteiger partial charge in [-0.05, 0) is 48.7 Å². The Kier molecular flexibility index (Phi) is 5.76. The van der Waals surface area contributed by atoms with Crippen LogP contribution in [0.4, 0.5) is 5.69 Å². The number of piperazine rings is 1. The Morgan fingerprint density at radius 2 is 1.82 bits per heavy atom. The number of ether oxygens (including phenoxy) is 2. The molecule has 2 aliphatic heterocycles. The number of anilines is 1. The molecule has 1 amide bonds. The first-order valence-electron chi connectivity index (χ1n) is 11.3. The molecule has 2 aromatic carbocycles. The normalized spacial score (nSPS) is 18.2. The van der Waals surface area contributed by atoms with E-state index in [-0.39, 0.29) is 12.0 Å². The van der Waals surface area contributed by atoms with Crippen LogP contribution in [0.1, 0.15) is 39.0 Å². The summed E-state index contributed by atoms with van der Waals surface area (Å²) in [5, 5.41) is 8.51. The van der Waals surface area contributed by atoms with Crippen molar-refractivity contribution in [1.29, 1.82) is 0 Å². The maximum Gasteiger partial charge on any atom is 0.276 e. The summed E-state index contributed by atoms with van der Waals surface area (Å²) in [4.78, 5) is 17.5. The fourth-order valence-corrected chi connectivity index (χ4v) is 4.56. The van der Waals surface area contributed by atoms with E-state index in [9.17, 15) is 4.79 Å². The molecular formula is C25H29N5O3. The zero-order valence-electron chi connectivity index (χ0n) is 19.3. The van der Waals surface area contributed by atoms with E-state index in [0.717, 1.165) is 30.1 Å². The molecule has 0 aliphatic carbocycles. The molecule has 3 heterocycles. The van der Waals surface area contributed by atoms with Gasteiger partial charge in [0.15, 0.2) is 5.69 Å². The first-order chi connectivity index (χ1) is 16.0. The van der Waals surface area contributed by atoms with Crippen LogP contribution in [0.2, 0.25) is 0 Å². The topological polar surface area (TPSA) is 72.7 Å². The van der Waals surface area contributed by atoms with Crippen molar-refractivity contribution >= 4 is 11.6 Å². The van der Waals surface area contributed by atoms with Crippen molar-refractivity contribution < 1.29 is 14.3 Å². The van der Waals surface area contributed by atoms with Crippen LogP contribution in [-0.4, -0.2) is 59.1 Å². The summed E-state index contributed by atoms with van der Waals surface area (Å²) in [5.41, 5.74) is 5.97. The lowest BCUT2D eigenvalue weighted by molar-refractivity contribution is -0.00198. The summed E-state index contributed by atoms with van der Waals surface area (Å²) < 4.78 is 13.1. The fraction of sp³-hybridized carbons (Fsp3) is 0.400. The fourth-order valence-electron chi connectivity index (χ4n) is 4.56. The van der Waals surface area contributed by atoms with Crippen molar-refractivity contribution in [2.75, 3.05) is 38.2 Å². The molecule has 8 heteroatoms. The summed E-state index contributed by atoms with van der Waals surface area (Å²) in [7, 11) is 1.65. The highest BCUT2D eigenvalue weighted by molar-refractivity contribution is 5.93. The molecule has 1 saturated heterocycles. The Bertz CT molecular complexity index is 1150. The van der Waals surface area contributed by atoms with Gasteiger partial charge < -0.3 is 19.3 Å². The van der Waals surface area contributed by atoms with Gasteiger partial charge in [-0.2, -0.15) is 0 Å². The van der Waals surface area contributed by atoms with Crippen molar-refractivity contribution in [2.45, 2.75) is 33.1 Å². The molecule has 0 saturated carbocycles. The van der Waals surface area contributed by atoms with Gasteiger partial charge >= 0.3 is 0 Å². The number of rotatable bonds is 4. The van der Waals surface area contributed by atoms with E-state index in [4.69, 9.17) is 9.47 Å². The zero-order chi connectivity index (χ0) is 22.9. The number of nitrogens with zero attached hydrogens (tertiary/aromatic N) is 5. The third-order valence-corrected chi connectivity index (χ3v) is 6.56. The van der Waals surface area contributed by atoms with E-state index in [0.29, 0.717) is 31.9 Å². The molecule has 1 fully saturated rings. The number of amides is 1. The Morgan fingerprint density at radius 3 is 2.55 bits per heavy atom. The summed E-state index contributed by atoms with van der Waals surface area (Å²) >= 11 is 0. The standard InChI is InChI=1S/C25H29N5O3/c1-17-4-5-18(2)21(14-17)28-10-12-29(13-11-28)25(31)24-22-16-33-23(15-30(22)27-26-24)19-6-8-20(32-3)9-7-19/h4-9,14,23H,10-13,15-16H2,1-3H3. The molecule has 0 N–H and O–H groups in total. The second-order valence-electron chi connectivity index (χ2n) is 8.71. The molecule has 1 atom stereocenters. The molecule has 3 aromatic rings. The van der Waals surface area contributed by atoms with Crippen LogP contribution in [0.15, 0.2) is 42.5 Å². The molecule has 8 nitrogen and oxygen atoms in total. The van der Waals surface area contributed by atoms with Gasteiger partial charge in [0.05, 0.1) is 26.0 Å². The van der Waals surface area contributed by atoms with Crippen LogP contribution in [0.3, 0.4) is 0 Å². The number of carbonyl (C=O) groups is 1. The molecule has 5 rings (SSSR count). The molecule has 33 heavy (non-hydrogen) atoms. The summed E-state index contributed by atoms with van der Waals surface area (Å²) in [6.45, 7) is 8.01. The molecule has 0 bridgehead atoms. The van der Waals surface area contributed by atoms with Gasteiger partial charge in [0, 0.05) is 31.9 Å². The Labute approximate surface area is 193 Å². The summed E-state index contributed by atoms with van der Waals surface area (Å²) in [6.07, 6.45) is -0.130. The third kappa shape index (κ3) is 4.18. The van der Waals surface area contributed by atoms with Crippen LogP contribution in [0.5, 0.6) is 5.75 Å². The monoisotopic (exact) mass is 447 g/mol. The SMILES string of the molecule is COc1ccc(C2Cn3nnc(C(=O)N4CCN(c5cc(C)ccc5C)CC4)c3CO2)cc1. The van der Waals surface area contributed by atoms with Crippen LogP contribution in [-0.2, 0) is 17.9 Å². The number of fused-ring (bicyclic) bond motifs is 1. The molecule has 0 radical (unpaired) electrons. The van der Waals surface area contributed by atoms with E-state index >= 15 is 0 Å². The smallest absolute Gasteiger partial charge is 0.276 e. The van der Waals surface area contributed by atoms with Gasteiger partial charge in [-0.25, -0.2) is 4.68 Å². The largest absolute Gasteiger partial charge is 0.497 e. The van der Waals surface area contributed by atoms with Gasteiger partial charge in [-0.3, -0.25) is 4.79 Å². The Morgan fingerprint density at radius 1 is 1.06 bits per heavy atom. The lowest BCUT2D eigenvalue weighted by Gasteiger charge is -2.36. The van der Waals surface area contributed by atoms with Gasteiger partial charge in [0.25, 0.3) is 5.91 Å². The van der Waals surface area contributed by atoms with E-state index in [2.05, 4.69) is 47.3 Å². The van der Waals surface area contributed by atoms with Gasteiger partial charge in [0.1, 0.15) is 11.9 Å². The average molecular weight is 448 g/mol. The van der Waals surface area contributed by atoms with E-state index in [1.165, 1.54) is 16.8 Å². The lowest BCUT2D eigenvalue weighted by Crippen LogP contribution is -2.49. The minimum Gasteiger partial charge on any atom is -0.497 e. The maximum absolute atomic E-state index is 13.2. The Balaban J connectivity index is 1.25. The number of methoxy groups -OCH3 is 1. The highest BCUT2D eigenvalue weighted by atomic mass is 16.5. The van der Waals surface area contributed by atoms with Gasteiger partial charge in [-0.1, -0.05) is 29.5 Å². The van der Waals surface area contributed by atoms with Crippen molar-refractivity contribution in [2.24, 2.45) is 0 Å². The van der Waals surface area contributed by atoms with Crippen LogP contribution in [0.25, 0.3) is 0 Å². The van der Waals surface area contributed by atoms with Crippen molar-refractivity contribution in [1.82, 2.24) is 19.9 Å². The summed E-state index contributed by atoms with van der Waals surface area (Å²) in [5.74, 6) is 0.741. The molecule has 1 aromatic heterocycles. The molecule has 172 valence electrons. The zero-order valence-corrected chi connectivity index (χ0v) is 19.3. The molecule has 1 unspecified atom stereocenters. The van der Waals surface area contributed by atoms with E-state index in [1.54, 1.807) is 11.8 Å². The number of aryl methyl sites for hydroxylation is 2. The number of hydrogen-bond acceptors (Lipinski definition) is 6. The van der Waals surface area contributed by atoms with Crippen molar-refractivity contribution in [3.05, 3.63) is 70.5 Å². The minimum atomic E-state index is -0.130. The molecule has 0 spiro atoms. The Hall–Kier alpha value is -3.39. The highest BCUT2D eigenvalue weighted by Crippen LogP contribution is 2.29. The third-order valence-electron chi connectivity index (χ3n) is 6.56. The maximum atomic E-state index is 13.2. The molecule has 2 aliphatic rings. The first-order valence-corrected chi connectivity index (χ1v) is 11.3. The second kappa shape index (κ2) is 8.86. The summed E-state index contributed by atoms with van der Waals surface area (Å²) in [6, 6.07) is 14.3. The predicted octanol–water partition coefficient (Wildman–Crippen LogP) is 3.14. The van der Waals surface area contributed by atoms with Crippen LogP contribution in [0, 0.1) is 13.8 Å². The number of aromatic nitrogens is 3. The van der Waals surface area contributed by atoms with Crippen LogP contribution < -0.4 is 9.64 Å². The quantitative estimate of drug-likeness (QED) is 0.612. The van der Waals surface area contributed by atoms with Gasteiger partial charge in [-0.15, -0.1) is 5.10 Å². The highest BCUT2D eigenvalue weighted by Gasteiger charge is 2.31. The predicted molar refractivity (Wildman–Crippen MR) is 125 cm³/mol. The number of carbonyl (C=O) groups excluding carboxylic acids is 1. The van der Waals surface area contributed by atoms with Gasteiger partial charge in [0.2, 0.25) is 0 Å². The second-order valence-corrected chi connectivity index (χ2v) is 8.71. The number of benzene rings is 2. The average Bonchev–Trinajstić information content (AvgIpc) is 3.28. The van der Waals surface area contributed by atoms with Crippen molar-refractivity contribution in [3.8, 4) is 5.75 Å². The van der Waals surface area contributed by atoms with Crippen molar-refractivity contribution in [3.63, 3.8) is 0 Å². The van der Waals surface area contributed by atoms with E-state index in [1.807, 2.05) is 29.2 Å². The molecular weight excluding hydrogens is 418 g/mol. The number of hydrogen-bond donors (Lipinski definition) is 0. The first kappa shape index (κ1) is 21.5. The lowest BCUT2D eigenvalue weighted by atomic mass is 10.1. The minimum absolute atomic E-state index is 0.0663. The van der Waals surface area contributed by atoms with E-state index < -0.39 is 0 Å².